The van der Waals surface area contributed by atoms with Crippen LogP contribution in [0.3, 0.4) is 0 Å². The number of hydrogen-bond acceptors (Lipinski definition) is 6. The maximum atomic E-state index is 13.5. The first kappa shape index (κ1) is 36.8. The molecule has 0 saturated carbocycles. The van der Waals surface area contributed by atoms with Crippen molar-refractivity contribution in [1.29, 1.82) is 0 Å². The number of nitrogens with one attached hydrogen (secondary N) is 1. The number of amides is 3. The highest BCUT2D eigenvalue weighted by atomic mass is 19.4. The average Bonchev–Trinajstić information content (AvgIpc) is 3.33. The van der Waals surface area contributed by atoms with Crippen LogP contribution in [0.15, 0.2) is 60.7 Å². The van der Waals surface area contributed by atoms with Crippen LogP contribution in [0, 0.1) is 0 Å². The molecule has 8 nitrogen and oxygen atoms in total. The molecule has 50 heavy (non-hydrogen) atoms. The van der Waals surface area contributed by atoms with Crippen molar-refractivity contribution in [3.63, 3.8) is 0 Å². The lowest BCUT2D eigenvalue weighted by Gasteiger charge is -2.33. The van der Waals surface area contributed by atoms with Crippen molar-refractivity contribution in [1.82, 2.24) is 10.2 Å². The van der Waals surface area contributed by atoms with Crippen molar-refractivity contribution in [2.45, 2.75) is 75.9 Å². The molecule has 14 heteroatoms. The molecule has 0 bridgehead atoms. The summed E-state index contributed by atoms with van der Waals surface area (Å²) < 4.78 is 98.2. The maximum Gasteiger partial charge on any atom is 0.430 e. The molecule has 1 unspecified atom stereocenters. The lowest BCUT2D eigenvalue weighted by atomic mass is 9.87. The Morgan fingerprint density at radius 3 is 2.28 bits per heavy atom. The summed E-state index contributed by atoms with van der Waals surface area (Å²) in [5, 5.41) is 12.8. The van der Waals surface area contributed by atoms with Crippen LogP contribution in [-0.4, -0.2) is 60.7 Å². The molecule has 1 saturated heterocycles. The van der Waals surface area contributed by atoms with E-state index in [-0.39, 0.29) is 31.0 Å². The zero-order valence-electron chi connectivity index (χ0n) is 27.5. The van der Waals surface area contributed by atoms with Gasteiger partial charge >= 0.3 is 18.4 Å². The SMILES string of the molecule is CCCc1cc(C(O)(C(F)(F)F)C(F)(F)F)ccc1-c1cccc(OCCCCCN2C(=O)NC(CC)(c3ccc4c(c3)OCCO4)C2=O)c1. The largest absolute Gasteiger partial charge is 0.494 e. The van der Waals surface area contributed by atoms with E-state index >= 15 is 0 Å². The molecule has 270 valence electrons. The molecule has 2 N–H and O–H groups in total. The van der Waals surface area contributed by atoms with Gasteiger partial charge < -0.3 is 24.6 Å². The number of carbonyl (C=O) groups excluding carboxylic acids is 2. The molecule has 0 spiro atoms. The lowest BCUT2D eigenvalue weighted by molar-refractivity contribution is -0.376. The normalized spacial score (nSPS) is 18.0. The molecular weight excluding hydrogens is 670 g/mol. The number of benzene rings is 3. The van der Waals surface area contributed by atoms with Gasteiger partial charge in [-0.3, -0.25) is 9.69 Å². The van der Waals surface area contributed by atoms with E-state index in [9.17, 15) is 41.0 Å². The van der Waals surface area contributed by atoms with E-state index in [4.69, 9.17) is 14.2 Å². The van der Waals surface area contributed by atoms with Gasteiger partial charge in [0.25, 0.3) is 11.5 Å². The standard InChI is InChI=1S/C36H38F6N2O6/c1-3-9-23-20-26(34(47,35(37,38)39)36(40,41)42)12-14-28(23)24-10-8-11-27(21-24)48-17-7-5-6-16-44-31(45)33(4-2,43-32(44)46)25-13-15-29-30(22-25)50-19-18-49-29/h8,10-15,20-22,47H,3-7,9,16-19H2,1-2H3,(H,43,46). The Hall–Kier alpha value is -4.46. The molecule has 2 heterocycles. The third-order valence-electron chi connectivity index (χ3n) is 9.04. The summed E-state index contributed by atoms with van der Waals surface area (Å²) in [6.07, 6.45) is -9.27. The number of alkyl halides is 6. The number of halogens is 6. The van der Waals surface area contributed by atoms with Crippen molar-refractivity contribution >= 4 is 11.9 Å². The van der Waals surface area contributed by atoms with Crippen LogP contribution in [-0.2, 0) is 22.4 Å². The topological polar surface area (TPSA) is 97.3 Å². The van der Waals surface area contributed by atoms with Crippen LogP contribution < -0.4 is 19.5 Å². The Morgan fingerprint density at radius 2 is 1.60 bits per heavy atom. The Bertz CT molecular complexity index is 1700. The number of fused-ring (bicyclic) bond motifs is 1. The maximum absolute atomic E-state index is 13.5. The van der Waals surface area contributed by atoms with Gasteiger partial charge in [0.15, 0.2) is 11.5 Å². The van der Waals surface area contributed by atoms with E-state index in [1.165, 1.54) is 4.90 Å². The summed E-state index contributed by atoms with van der Waals surface area (Å²) in [6.45, 7) is 4.87. The summed E-state index contributed by atoms with van der Waals surface area (Å²) in [5.41, 5.74) is -5.75. The Morgan fingerprint density at radius 1 is 0.880 bits per heavy atom. The van der Waals surface area contributed by atoms with E-state index in [2.05, 4.69) is 5.32 Å². The van der Waals surface area contributed by atoms with Crippen LogP contribution in [0.2, 0.25) is 0 Å². The first-order valence-electron chi connectivity index (χ1n) is 16.4. The molecule has 0 aromatic heterocycles. The average molecular weight is 709 g/mol. The second kappa shape index (κ2) is 14.4. The van der Waals surface area contributed by atoms with E-state index in [0.29, 0.717) is 85.3 Å². The predicted octanol–water partition coefficient (Wildman–Crippen LogP) is 7.80. The van der Waals surface area contributed by atoms with Crippen LogP contribution in [0.5, 0.6) is 17.2 Å². The fourth-order valence-electron chi connectivity index (χ4n) is 6.33. The van der Waals surface area contributed by atoms with Gasteiger partial charge in [0.05, 0.1) is 6.61 Å². The van der Waals surface area contributed by atoms with Crippen molar-refractivity contribution in [3.05, 3.63) is 77.4 Å². The number of ether oxygens (including phenoxy) is 3. The Labute approximate surface area is 285 Å². The van der Waals surface area contributed by atoms with Crippen molar-refractivity contribution in [2.75, 3.05) is 26.4 Å². The number of rotatable bonds is 13. The summed E-state index contributed by atoms with van der Waals surface area (Å²) >= 11 is 0. The van der Waals surface area contributed by atoms with Gasteiger partial charge in [0, 0.05) is 12.1 Å². The summed E-state index contributed by atoms with van der Waals surface area (Å²) in [4.78, 5) is 27.7. The number of unbranched alkanes of at least 4 members (excludes halogenated alkanes) is 2. The molecule has 1 atom stereocenters. The first-order chi connectivity index (χ1) is 23.7. The zero-order valence-corrected chi connectivity index (χ0v) is 27.5. The summed E-state index contributed by atoms with van der Waals surface area (Å²) in [7, 11) is 0. The van der Waals surface area contributed by atoms with Gasteiger partial charge in [-0.2, -0.15) is 26.3 Å². The smallest absolute Gasteiger partial charge is 0.430 e. The van der Waals surface area contributed by atoms with Gasteiger partial charge in [0.2, 0.25) is 0 Å². The predicted molar refractivity (Wildman–Crippen MR) is 171 cm³/mol. The zero-order chi connectivity index (χ0) is 36.3. The van der Waals surface area contributed by atoms with Crippen LogP contribution in [0.1, 0.15) is 62.6 Å². The van der Waals surface area contributed by atoms with Crippen molar-refractivity contribution < 1.29 is 55.2 Å². The number of nitrogens with zero attached hydrogens (tertiary/aromatic N) is 1. The number of imide groups is 1. The molecule has 3 amide bonds. The molecular formula is C36H38F6N2O6. The van der Waals surface area contributed by atoms with Gasteiger partial charge in [0.1, 0.15) is 24.5 Å². The quantitative estimate of drug-likeness (QED) is 0.107. The minimum atomic E-state index is -5.98. The highest BCUT2D eigenvalue weighted by molar-refractivity contribution is 6.07. The first-order valence-corrected chi connectivity index (χ1v) is 16.4. The molecule has 0 aliphatic carbocycles. The second-order valence-electron chi connectivity index (χ2n) is 12.3. The van der Waals surface area contributed by atoms with E-state index in [0.717, 1.165) is 12.1 Å². The summed E-state index contributed by atoms with van der Waals surface area (Å²) in [5.74, 6) is 1.20. The van der Waals surface area contributed by atoms with Gasteiger partial charge in [-0.25, -0.2) is 4.79 Å². The number of aryl methyl sites for hydroxylation is 1. The van der Waals surface area contributed by atoms with Crippen molar-refractivity contribution in [2.24, 2.45) is 0 Å². The van der Waals surface area contributed by atoms with Crippen LogP contribution in [0.4, 0.5) is 31.1 Å². The molecule has 3 aromatic rings. The highest BCUT2D eigenvalue weighted by Gasteiger charge is 2.71. The van der Waals surface area contributed by atoms with Gasteiger partial charge in [-0.1, -0.05) is 56.7 Å². The minimum Gasteiger partial charge on any atom is -0.494 e. The fraction of sp³-hybridized carbons (Fsp3) is 0.444. The molecule has 0 radical (unpaired) electrons. The molecule has 2 aliphatic rings. The van der Waals surface area contributed by atoms with E-state index < -0.39 is 35.1 Å². The minimum absolute atomic E-state index is 0.174. The Balaban J connectivity index is 1.18. The fourth-order valence-corrected chi connectivity index (χ4v) is 6.33. The molecule has 1 fully saturated rings. The number of carbonyl (C=O) groups is 2. The van der Waals surface area contributed by atoms with Gasteiger partial charge in [-0.15, -0.1) is 0 Å². The Kier molecular flexibility index (Phi) is 10.6. The molecule has 5 rings (SSSR count). The molecule has 3 aromatic carbocycles. The number of urea groups is 1. The highest BCUT2D eigenvalue weighted by Crippen LogP contribution is 2.50. The van der Waals surface area contributed by atoms with Gasteiger partial charge in [-0.05, 0) is 78.6 Å². The lowest BCUT2D eigenvalue weighted by Crippen LogP contribution is -2.53. The number of aliphatic hydroxyl groups is 1. The molecule has 2 aliphatic heterocycles. The van der Waals surface area contributed by atoms with E-state index in [1.807, 2.05) is 6.92 Å². The number of hydrogen-bond donors (Lipinski definition) is 2. The summed E-state index contributed by atoms with van der Waals surface area (Å²) in [6, 6.07) is 14.0. The monoisotopic (exact) mass is 708 g/mol. The van der Waals surface area contributed by atoms with Crippen molar-refractivity contribution in [3.8, 4) is 28.4 Å². The third-order valence-corrected chi connectivity index (χ3v) is 9.04. The van der Waals surface area contributed by atoms with Crippen LogP contribution in [0.25, 0.3) is 11.1 Å². The third kappa shape index (κ3) is 6.94. The van der Waals surface area contributed by atoms with E-state index in [1.54, 1.807) is 49.4 Å². The van der Waals surface area contributed by atoms with Crippen LogP contribution >= 0.6 is 0 Å². The second-order valence-corrected chi connectivity index (χ2v) is 12.3.